The van der Waals surface area contributed by atoms with Crippen molar-refractivity contribution in [3.63, 3.8) is 0 Å². The van der Waals surface area contributed by atoms with Gasteiger partial charge in [0.25, 0.3) is 0 Å². The highest BCUT2D eigenvalue weighted by Gasteiger charge is 2.18. The van der Waals surface area contributed by atoms with Crippen molar-refractivity contribution < 1.29 is 4.74 Å². The molecule has 1 saturated carbocycles. The molecule has 4 heteroatoms. The van der Waals surface area contributed by atoms with Crippen LogP contribution in [0.2, 0.25) is 0 Å². The molecule has 1 N–H and O–H groups in total. The quantitative estimate of drug-likeness (QED) is 0.853. The van der Waals surface area contributed by atoms with Gasteiger partial charge in [0.1, 0.15) is 11.6 Å². The minimum absolute atomic E-state index is 0.307. The molecule has 106 valence electrons. The van der Waals surface area contributed by atoms with E-state index in [9.17, 15) is 0 Å². The first-order valence-corrected chi connectivity index (χ1v) is 7.31. The van der Waals surface area contributed by atoms with E-state index in [0.29, 0.717) is 5.92 Å². The number of anilines is 1. The van der Waals surface area contributed by atoms with Gasteiger partial charge in [0.2, 0.25) is 5.88 Å². The van der Waals surface area contributed by atoms with Gasteiger partial charge in [-0.15, -0.1) is 0 Å². The van der Waals surface area contributed by atoms with Gasteiger partial charge < -0.3 is 10.1 Å². The number of nitrogens with zero attached hydrogens (tertiary/aromatic N) is 2. The second-order valence-electron chi connectivity index (χ2n) is 5.70. The molecule has 0 unspecified atom stereocenters. The van der Waals surface area contributed by atoms with Crippen LogP contribution in [-0.4, -0.2) is 23.6 Å². The number of hydrogen-bond donors (Lipinski definition) is 1. The third-order valence-corrected chi connectivity index (χ3v) is 3.86. The van der Waals surface area contributed by atoms with E-state index in [-0.39, 0.29) is 0 Å². The monoisotopic (exact) mass is 263 g/mol. The molecule has 1 aliphatic rings. The second kappa shape index (κ2) is 6.22. The number of aromatic nitrogens is 2. The summed E-state index contributed by atoms with van der Waals surface area (Å²) < 4.78 is 5.89. The molecule has 4 nitrogen and oxygen atoms in total. The first-order valence-electron chi connectivity index (χ1n) is 7.31. The summed E-state index contributed by atoms with van der Waals surface area (Å²) in [7, 11) is 1.89. The average Bonchev–Trinajstić information content (AvgIpc) is 2.33. The Morgan fingerprint density at radius 1 is 1.32 bits per heavy atom. The molecule has 1 heterocycles. The largest absolute Gasteiger partial charge is 0.477 e. The minimum Gasteiger partial charge on any atom is -0.477 e. The van der Waals surface area contributed by atoms with Crippen LogP contribution in [0, 0.1) is 12.8 Å². The molecule has 0 radical (unpaired) electrons. The molecular weight excluding hydrogens is 238 g/mol. The van der Waals surface area contributed by atoms with E-state index >= 15 is 0 Å². The highest BCUT2D eigenvalue weighted by atomic mass is 16.5. The fraction of sp³-hybridized carbons (Fsp3) is 0.733. The maximum absolute atomic E-state index is 5.89. The SMILES string of the molecule is CNc1nc(C(C)C)nc(OCCC2CCC2)c1C. The Balaban J connectivity index is 2.05. The van der Waals surface area contributed by atoms with Gasteiger partial charge in [-0.25, -0.2) is 4.98 Å². The minimum atomic E-state index is 0.307. The van der Waals surface area contributed by atoms with Gasteiger partial charge in [-0.05, 0) is 19.3 Å². The molecule has 1 fully saturated rings. The van der Waals surface area contributed by atoms with Crippen LogP contribution >= 0.6 is 0 Å². The van der Waals surface area contributed by atoms with E-state index in [0.717, 1.165) is 42.0 Å². The van der Waals surface area contributed by atoms with Crippen molar-refractivity contribution >= 4 is 5.82 Å². The van der Waals surface area contributed by atoms with Crippen LogP contribution in [0.3, 0.4) is 0 Å². The van der Waals surface area contributed by atoms with Crippen LogP contribution in [0.15, 0.2) is 0 Å². The second-order valence-corrected chi connectivity index (χ2v) is 5.70. The first-order chi connectivity index (χ1) is 9.11. The molecule has 1 aromatic heterocycles. The average molecular weight is 263 g/mol. The summed E-state index contributed by atoms with van der Waals surface area (Å²) in [6, 6.07) is 0. The Labute approximate surface area is 116 Å². The molecule has 2 rings (SSSR count). The zero-order chi connectivity index (χ0) is 13.8. The summed E-state index contributed by atoms with van der Waals surface area (Å²) in [5.41, 5.74) is 1.00. The Bertz CT molecular complexity index is 428. The van der Waals surface area contributed by atoms with Gasteiger partial charge >= 0.3 is 0 Å². The summed E-state index contributed by atoms with van der Waals surface area (Å²) in [4.78, 5) is 9.07. The predicted octanol–water partition coefficient (Wildman–Crippen LogP) is 3.52. The molecule has 0 aromatic carbocycles. The van der Waals surface area contributed by atoms with E-state index in [1.54, 1.807) is 0 Å². The van der Waals surface area contributed by atoms with Crippen molar-refractivity contribution in [3.05, 3.63) is 11.4 Å². The highest BCUT2D eigenvalue weighted by Crippen LogP contribution is 2.30. The lowest BCUT2D eigenvalue weighted by Crippen LogP contribution is -2.15. The van der Waals surface area contributed by atoms with Crippen LogP contribution in [0.4, 0.5) is 5.82 Å². The third-order valence-electron chi connectivity index (χ3n) is 3.86. The van der Waals surface area contributed by atoms with Crippen molar-refractivity contribution in [1.29, 1.82) is 0 Å². The lowest BCUT2D eigenvalue weighted by atomic mass is 9.83. The molecule has 0 aliphatic heterocycles. The lowest BCUT2D eigenvalue weighted by molar-refractivity contribution is 0.216. The fourth-order valence-corrected chi connectivity index (χ4v) is 2.26. The Hall–Kier alpha value is -1.32. The topological polar surface area (TPSA) is 47.0 Å². The molecule has 19 heavy (non-hydrogen) atoms. The third kappa shape index (κ3) is 3.37. The molecule has 0 saturated heterocycles. The molecule has 0 atom stereocenters. The van der Waals surface area contributed by atoms with Crippen molar-refractivity contribution in [2.24, 2.45) is 5.92 Å². The molecule has 0 spiro atoms. The number of rotatable bonds is 6. The van der Waals surface area contributed by atoms with Gasteiger partial charge in [0.15, 0.2) is 0 Å². The first kappa shape index (κ1) is 14.1. The zero-order valence-electron chi connectivity index (χ0n) is 12.5. The Morgan fingerprint density at radius 2 is 2.05 bits per heavy atom. The number of hydrogen-bond acceptors (Lipinski definition) is 4. The molecule has 1 aromatic rings. The molecule has 0 bridgehead atoms. The summed E-state index contributed by atoms with van der Waals surface area (Å²) in [5.74, 6) is 3.63. The maximum atomic E-state index is 5.89. The van der Waals surface area contributed by atoms with E-state index in [4.69, 9.17) is 4.74 Å². The van der Waals surface area contributed by atoms with Crippen molar-refractivity contribution in [2.75, 3.05) is 19.0 Å². The smallest absolute Gasteiger partial charge is 0.221 e. The van der Waals surface area contributed by atoms with Crippen molar-refractivity contribution in [2.45, 2.75) is 52.4 Å². The van der Waals surface area contributed by atoms with E-state index in [1.165, 1.54) is 19.3 Å². The van der Waals surface area contributed by atoms with Gasteiger partial charge in [-0.2, -0.15) is 4.98 Å². The van der Waals surface area contributed by atoms with Crippen molar-refractivity contribution in [3.8, 4) is 5.88 Å². The Kier molecular flexibility index (Phi) is 4.61. The van der Waals surface area contributed by atoms with Crippen LogP contribution in [0.1, 0.15) is 56.8 Å². The normalized spacial score (nSPS) is 15.4. The summed E-state index contributed by atoms with van der Waals surface area (Å²) in [6.45, 7) is 6.97. The maximum Gasteiger partial charge on any atom is 0.221 e. The van der Waals surface area contributed by atoms with Gasteiger partial charge in [-0.1, -0.05) is 33.1 Å². The van der Waals surface area contributed by atoms with Gasteiger partial charge in [0, 0.05) is 13.0 Å². The summed E-state index contributed by atoms with van der Waals surface area (Å²) in [5, 5.41) is 3.12. The van der Waals surface area contributed by atoms with E-state index in [1.807, 2.05) is 14.0 Å². The van der Waals surface area contributed by atoms with E-state index < -0.39 is 0 Å². The fourth-order valence-electron chi connectivity index (χ4n) is 2.26. The predicted molar refractivity (Wildman–Crippen MR) is 77.9 cm³/mol. The highest BCUT2D eigenvalue weighted by molar-refractivity contribution is 5.48. The van der Waals surface area contributed by atoms with Crippen molar-refractivity contribution in [1.82, 2.24) is 9.97 Å². The molecule has 1 aliphatic carbocycles. The zero-order valence-corrected chi connectivity index (χ0v) is 12.5. The van der Waals surface area contributed by atoms with Crippen LogP contribution in [0.5, 0.6) is 5.88 Å². The molecule has 0 amide bonds. The van der Waals surface area contributed by atoms with Gasteiger partial charge in [0.05, 0.1) is 12.2 Å². The Morgan fingerprint density at radius 3 is 2.58 bits per heavy atom. The standard InChI is InChI=1S/C15H25N3O/c1-10(2)13-17-14(16-4)11(3)15(18-13)19-9-8-12-6-5-7-12/h10,12H,5-9H2,1-4H3,(H,16,17,18). The van der Waals surface area contributed by atoms with Crippen LogP contribution < -0.4 is 10.1 Å². The van der Waals surface area contributed by atoms with Crippen LogP contribution in [0.25, 0.3) is 0 Å². The molecular formula is C15H25N3O. The summed E-state index contributed by atoms with van der Waals surface area (Å²) >= 11 is 0. The number of nitrogens with one attached hydrogen (secondary N) is 1. The summed E-state index contributed by atoms with van der Waals surface area (Å²) in [6.07, 6.45) is 5.27. The van der Waals surface area contributed by atoms with Gasteiger partial charge in [-0.3, -0.25) is 0 Å². The van der Waals surface area contributed by atoms with Crippen LogP contribution in [-0.2, 0) is 0 Å². The lowest BCUT2D eigenvalue weighted by Gasteiger charge is -2.25. The number of ether oxygens (including phenoxy) is 1. The van der Waals surface area contributed by atoms with E-state index in [2.05, 4.69) is 29.1 Å².